The van der Waals surface area contributed by atoms with Crippen LogP contribution >= 0.6 is 11.6 Å². The fourth-order valence-corrected chi connectivity index (χ4v) is 5.65. The van der Waals surface area contributed by atoms with Gasteiger partial charge in [-0.05, 0) is 73.4 Å². The number of aromatic nitrogens is 5. The molecular formula is C33H29ClFN7O3. The average molecular weight is 626 g/mol. The van der Waals surface area contributed by atoms with E-state index >= 15 is 0 Å². The first-order valence-electron chi connectivity index (χ1n) is 14.5. The van der Waals surface area contributed by atoms with Gasteiger partial charge in [-0.25, -0.2) is 9.07 Å². The third kappa shape index (κ3) is 5.99. The Balaban J connectivity index is 1.35. The molecule has 0 radical (unpaired) electrons. The molecule has 3 aromatic heterocycles. The van der Waals surface area contributed by atoms with Crippen molar-refractivity contribution in [2.75, 3.05) is 5.32 Å². The van der Waals surface area contributed by atoms with Crippen molar-refractivity contribution >= 4 is 29.1 Å². The maximum Gasteiger partial charge on any atom is 0.274 e. The molecule has 2 aromatic carbocycles. The SMILES string of the molecule is Cc1c(C(=O)N[C@H]2CCC[C@@H](C)C(=O)Nc3cc(-c4ccc[nH]c4=O)ccc3-c3ccnc2c3)nnn1-c1cccc(Cl)c1F. The van der Waals surface area contributed by atoms with Crippen LogP contribution in [0.1, 0.15) is 54.1 Å². The van der Waals surface area contributed by atoms with E-state index in [0.29, 0.717) is 47.5 Å². The number of hydrogen-bond acceptors (Lipinski definition) is 6. The molecule has 0 saturated carbocycles. The predicted molar refractivity (Wildman–Crippen MR) is 169 cm³/mol. The number of H-pyrrole nitrogens is 1. The number of carbonyl (C=O) groups excluding carboxylic acids is 2. The molecular weight excluding hydrogens is 597 g/mol. The topological polar surface area (TPSA) is 135 Å². The van der Waals surface area contributed by atoms with Gasteiger partial charge >= 0.3 is 0 Å². The molecule has 5 aromatic rings. The fourth-order valence-electron chi connectivity index (χ4n) is 5.48. The molecule has 6 rings (SSSR count). The molecule has 12 heteroatoms. The van der Waals surface area contributed by atoms with E-state index < -0.39 is 17.8 Å². The summed E-state index contributed by atoms with van der Waals surface area (Å²) in [5.74, 6) is -1.63. The molecule has 0 spiro atoms. The van der Waals surface area contributed by atoms with Gasteiger partial charge < -0.3 is 15.6 Å². The number of nitrogens with zero attached hydrogens (tertiary/aromatic N) is 4. The first-order valence-corrected chi connectivity index (χ1v) is 14.9. The normalized spacial score (nSPS) is 16.6. The first-order chi connectivity index (χ1) is 21.7. The summed E-state index contributed by atoms with van der Waals surface area (Å²) in [6.45, 7) is 3.48. The number of fused-ring (bicyclic) bond motifs is 4. The number of rotatable bonds is 4. The lowest BCUT2D eigenvalue weighted by molar-refractivity contribution is -0.119. The summed E-state index contributed by atoms with van der Waals surface area (Å²) in [4.78, 5) is 46.6. The van der Waals surface area contributed by atoms with Crippen molar-refractivity contribution in [3.05, 3.63) is 111 Å². The maximum atomic E-state index is 14.7. The van der Waals surface area contributed by atoms with Crippen molar-refractivity contribution in [1.82, 2.24) is 30.3 Å². The van der Waals surface area contributed by atoms with Gasteiger partial charge in [0.1, 0.15) is 5.69 Å². The first kappa shape index (κ1) is 29.9. The third-order valence-electron chi connectivity index (χ3n) is 8.01. The summed E-state index contributed by atoms with van der Waals surface area (Å²) in [5, 5.41) is 14.1. The maximum absolute atomic E-state index is 14.7. The highest BCUT2D eigenvalue weighted by Crippen LogP contribution is 2.34. The van der Waals surface area contributed by atoms with Gasteiger partial charge in [0.15, 0.2) is 11.5 Å². The van der Waals surface area contributed by atoms with E-state index in [0.717, 1.165) is 11.1 Å². The second-order valence-corrected chi connectivity index (χ2v) is 11.4. The van der Waals surface area contributed by atoms with Gasteiger partial charge in [-0.3, -0.25) is 19.4 Å². The van der Waals surface area contributed by atoms with E-state index in [4.69, 9.17) is 11.6 Å². The van der Waals surface area contributed by atoms with Gasteiger partial charge in [0.2, 0.25) is 5.91 Å². The highest BCUT2D eigenvalue weighted by Gasteiger charge is 2.25. The summed E-state index contributed by atoms with van der Waals surface area (Å²) in [6.07, 6.45) is 4.92. The summed E-state index contributed by atoms with van der Waals surface area (Å²) in [6, 6.07) is 16.7. The van der Waals surface area contributed by atoms with E-state index in [1.807, 2.05) is 31.2 Å². The Morgan fingerprint density at radius 1 is 1.04 bits per heavy atom. The Morgan fingerprint density at radius 2 is 1.87 bits per heavy atom. The lowest BCUT2D eigenvalue weighted by Gasteiger charge is -2.22. The van der Waals surface area contributed by atoms with E-state index in [-0.39, 0.29) is 33.8 Å². The number of hydrogen-bond donors (Lipinski definition) is 3. The lowest BCUT2D eigenvalue weighted by Crippen LogP contribution is -2.30. The van der Waals surface area contributed by atoms with Crippen LogP contribution in [0.2, 0.25) is 5.02 Å². The Bertz CT molecular complexity index is 1990. The number of aromatic amines is 1. The average Bonchev–Trinajstić information content (AvgIpc) is 3.42. The minimum Gasteiger partial charge on any atom is -0.342 e. The van der Waals surface area contributed by atoms with Crippen LogP contribution in [0.5, 0.6) is 0 Å². The molecule has 45 heavy (non-hydrogen) atoms. The van der Waals surface area contributed by atoms with Crippen LogP contribution < -0.4 is 16.2 Å². The molecule has 2 bridgehead atoms. The largest absolute Gasteiger partial charge is 0.342 e. The van der Waals surface area contributed by atoms with Gasteiger partial charge in [-0.1, -0.05) is 48.4 Å². The molecule has 228 valence electrons. The summed E-state index contributed by atoms with van der Waals surface area (Å²) >= 11 is 5.95. The Kier molecular flexibility index (Phi) is 8.27. The van der Waals surface area contributed by atoms with Gasteiger partial charge in [-0.15, -0.1) is 5.10 Å². The van der Waals surface area contributed by atoms with Crippen LogP contribution in [-0.4, -0.2) is 36.8 Å². The van der Waals surface area contributed by atoms with Gasteiger partial charge in [-0.2, -0.15) is 0 Å². The van der Waals surface area contributed by atoms with Crippen LogP contribution in [0.4, 0.5) is 10.1 Å². The minimum atomic E-state index is -0.666. The number of halogens is 2. The number of amides is 2. The van der Waals surface area contributed by atoms with Crippen LogP contribution in [0.3, 0.4) is 0 Å². The van der Waals surface area contributed by atoms with Crippen molar-refractivity contribution in [1.29, 1.82) is 0 Å². The number of carbonyl (C=O) groups is 2. The predicted octanol–water partition coefficient (Wildman–Crippen LogP) is 6.02. The standard InChI is InChI=1S/C33H29ClFN7O3/c1-18-6-3-9-25(38-33(45)30-19(2)42(41-40-30)28-10-4-8-24(34)29(28)35)27-17-21(13-15-36-27)22-12-11-20(16-26(22)39-31(18)43)23-7-5-14-37-32(23)44/h4-5,7-8,10-18,25H,3,6,9H2,1-2H3,(H,37,44)(H,38,45)(H,39,43)/t18-,25+/m1/s1. The lowest BCUT2D eigenvalue weighted by atomic mass is 9.94. The molecule has 3 N–H and O–H groups in total. The zero-order valence-electron chi connectivity index (χ0n) is 24.5. The van der Waals surface area contributed by atoms with Crippen LogP contribution in [0.25, 0.3) is 27.9 Å². The van der Waals surface area contributed by atoms with Gasteiger partial charge in [0.25, 0.3) is 11.5 Å². The second-order valence-electron chi connectivity index (χ2n) is 11.0. The van der Waals surface area contributed by atoms with Crippen molar-refractivity contribution in [3.8, 4) is 27.9 Å². The second kappa shape index (κ2) is 12.4. The molecule has 2 amide bonds. The monoisotopic (exact) mass is 625 g/mol. The van der Waals surface area contributed by atoms with Crippen molar-refractivity contribution in [3.63, 3.8) is 0 Å². The summed E-state index contributed by atoms with van der Waals surface area (Å²) in [5.41, 5.74) is 4.08. The minimum absolute atomic E-state index is 0.0400. The van der Waals surface area contributed by atoms with Crippen molar-refractivity contribution < 1.29 is 14.0 Å². The number of anilines is 1. The van der Waals surface area contributed by atoms with Gasteiger partial charge in [0.05, 0.1) is 22.5 Å². The zero-order chi connectivity index (χ0) is 31.7. The Morgan fingerprint density at radius 3 is 2.69 bits per heavy atom. The molecule has 2 atom stereocenters. The fraction of sp³-hybridized carbons (Fsp3) is 0.212. The van der Waals surface area contributed by atoms with Crippen molar-refractivity contribution in [2.24, 2.45) is 5.92 Å². The summed E-state index contributed by atoms with van der Waals surface area (Å²) < 4.78 is 15.9. The number of benzene rings is 2. The molecule has 4 heterocycles. The Hall–Kier alpha value is -5.16. The smallest absolute Gasteiger partial charge is 0.274 e. The van der Waals surface area contributed by atoms with E-state index in [1.54, 1.807) is 43.6 Å². The zero-order valence-corrected chi connectivity index (χ0v) is 25.2. The number of nitrogens with one attached hydrogen (secondary N) is 3. The van der Waals surface area contributed by atoms with Crippen molar-refractivity contribution in [2.45, 2.75) is 39.2 Å². The highest BCUT2D eigenvalue weighted by molar-refractivity contribution is 6.30. The molecule has 0 unspecified atom stereocenters. The Labute approximate surface area is 262 Å². The molecule has 1 aliphatic rings. The van der Waals surface area contributed by atoms with Gasteiger partial charge in [0, 0.05) is 35.1 Å². The highest BCUT2D eigenvalue weighted by atomic mass is 35.5. The molecule has 10 nitrogen and oxygen atoms in total. The van der Waals surface area contributed by atoms with Crippen LogP contribution in [0, 0.1) is 18.7 Å². The van der Waals surface area contributed by atoms with E-state index in [2.05, 4.69) is 30.9 Å². The van der Waals surface area contributed by atoms with E-state index in [1.165, 1.54) is 16.8 Å². The van der Waals surface area contributed by atoms with E-state index in [9.17, 15) is 18.8 Å². The van der Waals surface area contributed by atoms with Crippen LogP contribution in [-0.2, 0) is 4.79 Å². The quantitative estimate of drug-likeness (QED) is 0.224. The molecule has 0 fully saturated rings. The molecule has 0 saturated heterocycles. The number of pyridine rings is 2. The van der Waals surface area contributed by atoms with Crippen LogP contribution in [0.15, 0.2) is 77.9 Å². The molecule has 1 aliphatic heterocycles. The third-order valence-corrected chi connectivity index (χ3v) is 8.30. The summed E-state index contributed by atoms with van der Waals surface area (Å²) in [7, 11) is 0. The molecule has 0 aliphatic carbocycles.